The number of nitrogens with one attached hydrogen (secondary N) is 1. The van der Waals surface area contributed by atoms with Gasteiger partial charge in [-0.1, -0.05) is 30.3 Å². The smallest absolute Gasteiger partial charge is 0.119 e. The molecule has 3 nitrogen and oxygen atoms in total. The number of likely N-dealkylation sites (tertiary alicyclic amines) is 1. The van der Waals surface area contributed by atoms with E-state index in [4.69, 9.17) is 4.74 Å². The SMILES string of the molecule is COc1ccc2c(c1)[C@@H]1CN(Cc3ccccc3)CC[C@H]1N2. The van der Waals surface area contributed by atoms with Crippen LogP contribution in [0.3, 0.4) is 0 Å². The van der Waals surface area contributed by atoms with Crippen LogP contribution in [0.1, 0.15) is 23.5 Å². The summed E-state index contributed by atoms with van der Waals surface area (Å²) < 4.78 is 5.40. The Morgan fingerprint density at radius 1 is 1.18 bits per heavy atom. The zero-order valence-electron chi connectivity index (χ0n) is 13.0. The second-order valence-corrected chi connectivity index (χ2v) is 6.32. The molecule has 4 rings (SSSR count). The Balaban J connectivity index is 1.53. The second kappa shape index (κ2) is 5.65. The molecule has 0 radical (unpaired) electrons. The highest BCUT2D eigenvalue weighted by molar-refractivity contribution is 5.62. The minimum atomic E-state index is 0.572. The monoisotopic (exact) mass is 294 g/mol. The van der Waals surface area contributed by atoms with E-state index in [1.165, 1.54) is 23.2 Å². The maximum atomic E-state index is 5.40. The Kier molecular flexibility index (Phi) is 3.51. The topological polar surface area (TPSA) is 24.5 Å². The Morgan fingerprint density at radius 2 is 2.05 bits per heavy atom. The fourth-order valence-electron chi connectivity index (χ4n) is 3.80. The molecule has 0 saturated carbocycles. The molecule has 114 valence electrons. The molecule has 1 fully saturated rings. The number of nitrogens with zero attached hydrogens (tertiary/aromatic N) is 1. The van der Waals surface area contributed by atoms with Gasteiger partial charge in [0.05, 0.1) is 7.11 Å². The molecule has 0 aliphatic carbocycles. The van der Waals surface area contributed by atoms with Gasteiger partial charge in [0.1, 0.15) is 5.75 Å². The largest absolute Gasteiger partial charge is 0.497 e. The molecule has 0 aromatic heterocycles. The molecule has 22 heavy (non-hydrogen) atoms. The maximum Gasteiger partial charge on any atom is 0.119 e. The molecule has 2 aliphatic rings. The van der Waals surface area contributed by atoms with E-state index in [9.17, 15) is 0 Å². The lowest BCUT2D eigenvalue weighted by Crippen LogP contribution is -2.41. The summed E-state index contributed by atoms with van der Waals surface area (Å²) in [5.74, 6) is 1.53. The van der Waals surface area contributed by atoms with E-state index in [1.54, 1.807) is 7.11 Å². The first-order valence-corrected chi connectivity index (χ1v) is 8.04. The van der Waals surface area contributed by atoms with Crippen LogP contribution in [0, 0.1) is 0 Å². The number of hydrogen-bond donors (Lipinski definition) is 1. The van der Waals surface area contributed by atoms with Crippen molar-refractivity contribution in [3.63, 3.8) is 0 Å². The lowest BCUT2D eigenvalue weighted by Gasteiger charge is -2.35. The van der Waals surface area contributed by atoms with Crippen LogP contribution in [0.5, 0.6) is 5.75 Å². The van der Waals surface area contributed by atoms with Crippen LogP contribution in [-0.2, 0) is 6.54 Å². The summed E-state index contributed by atoms with van der Waals surface area (Å²) in [6, 6.07) is 17.8. The molecule has 2 aliphatic heterocycles. The number of benzene rings is 2. The summed E-state index contributed by atoms with van der Waals surface area (Å²) in [4.78, 5) is 2.58. The molecular weight excluding hydrogens is 272 g/mol. The third-order valence-electron chi connectivity index (χ3n) is 4.95. The number of methoxy groups -OCH3 is 1. The summed E-state index contributed by atoms with van der Waals surface area (Å²) in [5.41, 5.74) is 4.11. The van der Waals surface area contributed by atoms with Gasteiger partial charge in [-0.25, -0.2) is 0 Å². The predicted octanol–water partition coefficient (Wildman–Crippen LogP) is 3.48. The van der Waals surface area contributed by atoms with Crippen molar-refractivity contribution in [3.05, 3.63) is 59.7 Å². The standard InChI is InChI=1S/C19H22N2O/c1-22-15-7-8-18-16(11-15)17-13-21(10-9-19(17)20-18)12-14-5-3-2-4-6-14/h2-8,11,17,19-20H,9-10,12-13H2,1H3/t17-,19+/m0/s1. The Labute approximate surface area is 131 Å². The van der Waals surface area contributed by atoms with E-state index in [1.807, 2.05) is 6.07 Å². The van der Waals surface area contributed by atoms with Gasteiger partial charge < -0.3 is 10.1 Å². The van der Waals surface area contributed by atoms with Gasteiger partial charge in [0.25, 0.3) is 0 Å². The van der Waals surface area contributed by atoms with Crippen LogP contribution in [0.15, 0.2) is 48.5 Å². The highest BCUT2D eigenvalue weighted by Crippen LogP contribution is 2.41. The molecule has 0 unspecified atom stereocenters. The normalized spacial score (nSPS) is 23.5. The van der Waals surface area contributed by atoms with Gasteiger partial charge in [0.2, 0.25) is 0 Å². The third kappa shape index (κ3) is 2.46. The van der Waals surface area contributed by atoms with E-state index in [0.717, 1.165) is 25.4 Å². The van der Waals surface area contributed by atoms with Crippen LogP contribution >= 0.6 is 0 Å². The summed E-state index contributed by atoms with van der Waals surface area (Å²) in [5, 5.41) is 3.69. The molecule has 0 bridgehead atoms. The van der Waals surface area contributed by atoms with Gasteiger partial charge in [-0.15, -0.1) is 0 Å². The highest BCUT2D eigenvalue weighted by atomic mass is 16.5. The summed E-state index contributed by atoms with van der Waals surface area (Å²) >= 11 is 0. The Bertz CT molecular complexity index is 656. The lowest BCUT2D eigenvalue weighted by molar-refractivity contribution is 0.194. The Hall–Kier alpha value is -2.00. The van der Waals surface area contributed by atoms with Crippen LogP contribution in [0.4, 0.5) is 5.69 Å². The van der Waals surface area contributed by atoms with Crippen molar-refractivity contribution in [2.75, 3.05) is 25.5 Å². The van der Waals surface area contributed by atoms with Gasteiger partial charge >= 0.3 is 0 Å². The number of anilines is 1. The van der Waals surface area contributed by atoms with Crippen molar-refractivity contribution in [2.24, 2.45) is 0 Å². The van der Waals surface area contributed by atoms with Crippen LogP contribution in [-0.4, -0.2) is 31.1 Å². The molecule has 0 spiro atoms. The molecule has 0 amide bonds. The molecule has 1 N–H and O–H groups in total. The van der Waals surface area contributed by atoms with Gasteiger partial charge in [-0.2, -0.15) is 0 Å². The quantitative estimate of drug-likeness (QED) is 0.938. The number of fused-ring (bicyclic) bond motifs is 3. The molecule has 2 aromatic carbocycles. The van der Waals surface area contributed by atoms with Crippen LogP contribution in [0.2, 0.25) is 0 Å². The van der Waals surface area contributed by atoms with E-state index < -0.39 is 0 Å². The lowest BCUT2D eigenvalue weighted by atomic mass is 9.89. The van der Waals surface area contributed by atoms with Crippen molar-refractivity contribution in [1.29, 1.82) is 0 Å². The first kappa shape index (κ1) is 13.6. The van der Waals surface area contributed by atoms with E-state index in [-0.39, 0.29) is 0 Å². The van der Waals surface area contributed by atoms with Crippen molar-refractivity contribution in [3.8, 4) is 5.75 Å². The molecule has 2 heterocycles. The fourth-order valence-corrected chi connectivity index (χ4v) is 3.80. The number of rotatable bonds is 3. The van der Waals surface area contributed by atoms with E-state index >= 15 is 0 Å². The number of ether oxygens (including phenoxy) is 1. The maximum absolute atomic E-state index is 5.40. The van der Waals surface area contributed by atoms with Crippen molar-refractivity contribution in [1.82, 2.24) is 4.90 Å². The zero-order chi connectivity index (χ0) is 14.9. The summed E-state index contributed by atoms with van der Waals surface area (Å²) in [6.45, 7) is 3.32. The average Bonchev–Trinajstić information content (AvgIpc) is 2.93. The molecule has 2 aromatic rings. The Morgan fingerprint density at radius 3 is 2.86 bits per heavy atom. The molecule has 1 saturated heterocycles. The highest BCUT2D eigenvalue weighted by Gasteiger charge is 2.36. The van der Waals surface area contributed by atoms with Crippen LogP contribution in [0.25, 0.3) is 0 Å². The van der Waals surface area contributed by atoms with Gasteiger partial charge in [0.15, 0.2) is 0 Å². The third-order valence-corrected chi connectivity index (χ3v) is 4.95. The predicted molar refractivity (Wildman–Crippen MR) is 89.5 cm³/mol. The number of piperidine rings is 1. The number of hydrogen-bond acceptors (Lipinski definition) is 3. The zero-order valence-corrected chi connectivity index (χ0v) is 13.0. The average molecular weight is 294 g/mol. The van der Waals surface area contributed by atoms with Crippen molar-refractivity contribution >= 4 is 5.69 Å². The van der Waals surface area contributed by atoms with E-state index in [2.05, 4.69) is 52.7 Å². The molecule has 3 heteroatoms. The van der Waals surface area contributed by atoms with Crippen LogP contribution < -0.4 is 10.1 Å². The van der Waals surface area contributed by atoms with E-state index in [0.29, 0.717) is 12.0 Å². The van der Waals surface area contributed by atoms with Gasteiger partial charge in [-0.3, -0.25) is 4.90 Å². The van der Waals surface area contributed by atoms with Gasteiger partial charge in [-0.05, 0) is 35.7 Å². The summed E-state index contributed by atoms with van der Waals surface area (Å²) in [6.07, 6.45) is 1.20. The minimum absolute atomic E-state index is 0.572. The first-order valence-electron chi connectivity index (χ1n) is 8.04. The fraction of sp³-hybridized carbons (Fsp3) is 0.368. The molecular formula is C19H22N2O. The van der Waals surface area contributed by atoms with Gasteiger partial charge in [0, 0.05) is 37.3 Å². The first-order chi connectivity index (χ1) is 10.8. The van der Waals surface area contributed by atoms with Crippen molar-refractivity contribution < 1.29 is 4.74 Å². The second-order valence-electron chi connectivity index (χ2n) is 6.32. The molecule has 2 atom stereocenters. The van der Waals surface area contributed by atoms with Crippen molar-refractivity contribution in [2.45, 2.75) is 24.9 Å². The summed E-state index contributed by atoms with van der Waals surface area (Å²) in [7, 11) is 1.74. The minimum Gasteiger partial charge on any atom is -0.497 e.